The van der Waals surface area contributed by atoms with Crippen molar-refractivity contribution < 1.29 is 0 Å². The molecule has 11 aromatic rings. The first-order valence-corrected chi connectivity index (χ1v) is 17.6. The van der Waals surface area contributed by atoms with Crippen LogP contribution in [0.4, 0.5) is 0 Å². The topological polar surface area (TPSA) is 43.6 Å². The fourth-order valence-corrected chi connectivity index (χ4v) is 8.95. The van der Waals surface area contributed by atoms with Gasteiger partial charge in [0.2, 0.25) is 5.95 Å². The van der Waals surface area contributed by atoms with Gasteiger partial charge in [-0.05, 0) is 45.1 Å². The van der Waals surface area contributed by atoms with Gasteiger partial charge in [-0.2, -0.15) is 9.97 Å². The van der Waals surface area contributed by atoms with Crippen LogP contribution in [0.5, 0.6) is 0 Å². The molecule has 0 aliphatic carbocycles. The number of rotatable bonds is 3. The van der Waals surface area contributed by atoms with E-state index in [1.54, 1.807) is 0 Å². The second kappa shape index (κ2) is 10.5. The molecule has 0 atom stereocenters. The van der Waals surface area contributed by atoms with Crippen LogP contribution in [0.1, 0.15) is 0 Å². The number of aromatic nitrogens is 4. The van der Waals surface area contributed by atoms with Crippen molar-refractivity contribution in [3.05, 3.63) is 158 Å². The molecule has 0 bridgehead atoms. The summed E-state index contributed by atoms with van der Waals surface area (Å²) in [4.78, 5) is 15.6. The lowest BCUT2D eigenvalue weighted by Crippen LogP contribution is -2.06. The predicted octanol–water partition coefficient (Wildman–Crippen LogP) is 12.1. The van der Waals surface area contributed by atoms with Crippen LogP contribution < -0.4 is 0 Å². The molecule has 5 heteroatoms. The molecule has 0 radical (unpaired) electrons. The summed E-state index contributed by atoms with van der Waals surface area (Å²) in [7, 11) is 0. The Morgan fingerprint density at radius 3 is 1.88 bits per heavy atom. The number of fused-ring (bicyclic) bond motifs is 12. The minimum Gasteiger partial charge on any atom is -0.277 e. The van der Waals surface area contributed by atoms with Gasteiger partial charge in [-0.15, -0.1) is 11.3 Å². The maximum atomic E-state index is 5.30. The molecule has 0 saturated heterocycles. The minimum absolute atomic E-state index is 0.600. The van der Waals surface area contributed by atoms with Gasteiger partial charge in [-0.3, -0.25) is 4.57 Å². The molecule has 50 heavy (non-hydrogen) atoms. The molecule has 0 N–H and O–H groups in total. The summed E-state index contributed by atoms with van der Waals surface area (Å²) in [5.41, 5.74) is 4.07. The van der Waals surface area contributed by atoms with Crippen molar-refractivity contribution in [1.82, 2.24) is 19.5 Å². The van der Waals surface area contributed by atoms with E-state index in [4.69, 9.17) is 15.0 Å². The zero-order valence-corrected chi connectivity index (χ0v) is 27.5. The zero-order valence-electron chi connectivity index (χ0n) is 26.7. The van der Waals surface area contributed by atoms with Crippen LogP contribution in [0, 0.1) is 0 Å². The minimum atomic E-state index is 0.600. The summed E-state index contributed by atoms with van der Waals surface area (Å²) in [5.74, 6) is 1.88. The van der Waals surface area contributed by atoms with Gasteiger partial charge in [0, 0.05) is 47.5 Å². The van der Waals surface area contributed by atoms with Gasteiger partial charge in [0.05, 0.1) is 11.0 Å². The third kappa shape index (κ3) is 4.01. The normalized spacial score (nSPS) is 12.0. The Morgan fingerprint density at radius 2 is 1.06 bits per heavy atom. The molecule has 8 aromatic carbocycles. The Balaban J connectivity index is 1.29. The molecule has 11 rings (SSSR count). The quantitative estimate of drug-likeness (QED) is 0.190. The van der Waals surface area contributed by atoms with Crippen molar-refractivity contribution in [3.63, 3.8) is 0 Å². The molecule has 0 aliphatic rings. The van der Waals surface area contributed by atoms with Crippen LogP contribution in [0.3, 0.4) is 0 Å². The van der Waals surface area contributed by atoms with Gasteiger partial charge in [0.15, 0.2) is 11.6 Å². The van der Waals surface area contributed by atoms with Crippen molar-refractivity contribution in [1.29, 1.82) is 0 Å². The SMILES string of the molecule is c1ccc(-c2nc(-c3ccc4ccccc4c3)nc(-n3c4ccc5sc6c7ccccc7ccc6c5c4c4ccc5ccccc5c43)n2)cc1. The third-order valence-electron chi connectivity index (χ3n) is 10.0. The molecule has 4 nitrogen and oxygen atoms in total. The fourth-order valence-electron chi connectivity index (χ4n) is 7.71. The molecular formula is C45H26N4S. The van der Waals surface area contributed by atoms with Crippen LogP contribution in [-0.4, -0.2) is 19.5 Å². The monoisotopic (exact) mass is 654 g/mol. The third-order valence-corrected chi connectivity index (χ3v) is 11.2. The number of nitrogens with zero attached hydrogens (tertiary/aromatic N) is 4. The summed E-state index contributed by atoms with van der Waals surface area (Å²) in [6.07, 6.45) is 0. The van der Waals surface area contributed by atoms with Crippen molar-refractivity contribution in [2.75, 3.05) is 0 Å². The average Bonchev–Trinajstić information content (AvgIpc) is 3.74. The molecule has 3 aromatic heterocycles. The van der Waals surface area contributed by atoms with E-state index in [-0.39, 0.29) is 0 Å². The van der Waals surface area contributed by atoms with Crippen molar-refractivity contribution in [2.45, 2.75) is 0 Å². The summed E-state index contributed by atoms with van der Waals surface area (Å²) < 4.78 is 4.86. The van der Waals surface area contributed by atoms with Gasteiger partial charge >= 0.3 is 0 Å². The Morgan fingerprint density at radius 1 is 0.420 bits per heavy atom. The first-order chi connectivity index (χ1) is 24.8. The van der Waals surface area contributed by atoms with Crippen molar-refractivity contribution in [3.8, 4) is 28.7 Å². The van der Waals surface area contributed by atoms with E-state index >= 15 is 0 Å². The fraction of sp³-hybridized carbons (Fsp3) is 0. The lowest BCUT2D eigenvalue weighted by atomic mass is 10.0. The van der Waals surface area contributed by atoms with Crippen LogP contribution in [0.2, 0.25) is 0 Å². The van der Waals surface area contributed by atoms with Crippen LogP contribution in [-0.2, 0) is 0 Å². The maximum absolute atomic E-state index is 5.30. The highest BCUT2D eigenvalue weighted by Gasteiger charge is 2.23. The van der Waals surface area contributed by atoms with E-state index in [0.29, 0.717) is 17.6 Å². The number of thiophene rings is 1. The number of hydrogen-bond acceptors (Lipinski definition) is 4. The van der Waals surface area contributed by atoms with Gasteiger partial charge < -0.3 is 0 Å². The summed E-state index contributed by atoms with van der Waals surface area (Å²) >= 11 is 1.87. The van der Waals surface area contributed by atoms with E-state index in [2.05, 4.69) is 144 Å². The summed E-state index contributed by atoms with van der Waals surface area (Å²) in [6, 6.07) is 56.0. The molecule has 232 valence electrons. The van der Waals surface area contributed by atoms with E-state index in [1.807, 2.05) is 29.5 Å². The molecule has 0 amide bonds. The van der Waals surface area contributed by atoms with E-state index in [9.17, 15) is 0 Å². The lowest BCUT2D eigenvalue weighted by molar-refractivity contribution is 0.955. The highest BCUT2D eigenvalue weighted by Crippen LogP contribution is 2.46. The number of benzene rings is 8. The van der Waals surface area contributed by atoms with Gasteiger partial charge in [-0.1, -0.05) is 140 Å². The molecule has 0 fully saturated rings. The maximum Gasteiger partial charge on any atom is 0.238 e. The van der Waals surface area contributed by atoms with E-state index in [1.165, 1.54) is 52.5 Å². The summed E-state index contributed by atoms with van der Waals surface area (Å²) in [5, 5.41) is 12.2. The zero-order chi connectivity index (χ0) is 32.8. The lowest BCUT2D eigenvalue weighted by Gasteiger charge is -2.12. The van der Waals surface area contributed by atoms with E-state index in [0.717, 1.165) is 32.9 Å². The second-order valence-corrected chi connectivity index (χ2v) is 13.9. The first kappa shape index (κ1) is 27.5. The average molecular weight is 655 g/mol. The van der Waals surface area contributed by atoms with Gasteiger partial charge in [0.25, 0.3) is 0 Å². The Bertz CT molecular complexity index is 3160. The van der Waals surface area contributed by atoms with E-state index < -0.39 is 0 Å². The summed E-state index contributed by atoms with van der Waals surface area (Å²) in [6.45, 7) is 0. The molecule has 0 unspecified atom stereocenters. The standard InChI is InChI=1S/C45H26N4S/c1-2-13-30(14-3-1)43-46-44(32-19-18-27-10-4-5-15-31(27)26-32)48-45(47-43)49-37-24-25-38-40(36-23-21-29-12-7-9-17-34(29)42(36)50-38)39(37)35-22-20-28-11-6-8-16-33(28)41(35)49/h1-26H. The Labute approximate surface area is 290 Å². The largest absolute Gasteiger partial charge is 0.277 e. The highest BCUT2D eigenvalue weighted by molar-refractivity contribution is 7.27. The molecule has 3 heterocycles. The van der Waals surface area contributed by atoms with Crippen LogP contribution in [0.15, 0.2) is 158 Å². The first-order valence-electron chi connectivity index (χ1n) is 16.8. The molecule has 0 saturated carbocycles. The van der Waals surface area contributed by atoms with Gasteiger partial charge in [0.1, 0.15) is 0 Å². The van der Waals surface area contributed by atoms with Gasteiger partial charge in [-0.25, -0.2) is 4.98 Å². The highest BCUT2D eigenvalue weighted by atomic mass is 32.1. The van der Waals surface area contributed by atoms with Crippen molar-refractivity contribution in [2.24, 2.45) is 0 Å². The smallest absolute Gasteiger partial charge is 0.238 e. The molecule has 0 aliphatic heterocycles. The molecular weight excluding hydrogens is 629 g/mol. The second-order valence-electron chi connectivity index (χ2n) is 12.8. The van der Waals surface area contributed by atoms with Crippen LogP contribution >= 0.6 is 11.3 Å². The van der Waals surface area contributed by atoms with Crippen molar-refractivity contribution >= 4 is 85.6 Å². The van der Waals surface area contributed by atoms with Crippen LogP contribution in [0.25, 0.3) is 103 Å². The Hall–Kier alpha value is -6.43. The Kier molecular flexibility index (Phi) is 5.80. The molecule has 0 spiro atoms. The number of hydrogen-bond donors (Lipinski definition) is 0. The predicted molar refractivity (Wildman–Crippen MR) is 210 cm³/mol.